The molecule has 0 aromatic heterocycles. The summed E-state index contributed by atoms with van der Waals surface area (Å²) in [5, 5.41) is 15.6. The van der Waals surface area contributed by atoms with Crippen LogP contribution in [0, 0.1) is 10.1 Å². The second-order valence-electron chi connectivity index (χ2n) is 6.58. The number of anilines is 2. The highest BCUT2D eigenvalue weighted by molar-refractivity contribution is 7.92. The fraction of sp³-hybridized carbons (Fsp3) is 0.136. The molecule has 0 fully saturated rings. The molecule has 0 atom stereocenters. The number of hydrogen-bond donors (Lipinski definition) is 2. The van der Waals surface area contributed by atoms with Crippen molar-refractivity contribution in [2.45, 2.75) is 11.8 Å². The molecule has 10 nitrogen and oxygen atoms in total. The van der Waals surface area contributed by atoms with E-state index in [-0.39, 0.29) is 16.3 Å². The lowest BCUT2D eigenvalue weighted by Crippen LogP contribution is -2.14. The lowest BCUT2D eigenvalue weighted by molar-refractivity contribution is -0.384. The van der Waals surface area contributed by atoms with E-state index >= 15 is 0 Å². The van der Waals surface area contributed by atoms with E-state index in [1.54, 1.807) is 36.4 Å². The first-order chi connectivity index (χ1) is 15.9. The Morgan fingerprint density at radius 2 is 1.73 bits per heavy atom. The Bertz CT molecular complexity index is 1280. The Labute approximate surface area is 191 Å². The van der Waals surface area contributed by atoms with Crippen molar-refractivity contribution in [3.63, 3.8) is 0 Å². The first-order valence-electron chi connectivity index (χ1n) is 9.81. The number of para-hydroxylation sites is 3. The summed E-state index contributed by atoms with van der Waals surface area (Å²) in [4.78, 5) is 10.6. The zero-order valence-corrected chi connectivity index (χ0v) is 18.7. The van der Waals surface area contributed by atoms with Gasteiger partial charge in [-0.2, -0.15) is 5.10 Å². The number of benzene rings is 3. The van der Waals surface area contributed by atoms with Crippen LogP contribution in [0.25, 0.3) is 0 Å². The Morgan fingerprint density at radius 1 is 1.03 bits per heavy atom. The standard InChI is InChI=1S/C22H22N4O6S/c1-3-32-21-10-6-4-8-16(21)15-23-24-18-13-12-17(14-20(18)26(27)28)33(29,30)25-19-9-5-7-11-22(19)31-2/h4-15,24-25H,3H2,1-2H3/b23-15+. The molecule has 0 radical (unpaired) electrons. The van der Waals surface area contributed by atoms with Gasteiger partial charge in [-0.15, -0.1) is 0 Å². The van der Waals surface area contributed by atoms with Gasteiger partial charge in [0.15, 0.2) is 0 Å². The Balaban J connectivity index is 1.86. The molecule has 3 aromatic carbocycles. The van der Waals surface area contributed by atoms with Gasteiger partial charge in [-0.3, -0.25) is 20.3 Å². The van der Waals surface area contributed by atoms with Crippen LogP contribution in [-0.2, 0) is 10.0 Å². The van der Waals surface area contributed by atoms with Gasteiger partial charge in [0, 0.05) is 11.6 Å². The third-order valence-electron chi connectivity index (χ3n) is 4.43. The van der Waals surface area contributed by atoms with E-state index in [1.165, 1.54) is 31.5 Å². The lowest BCUT2D eigenvalue weighted by Gasteiger charge is -2.12. The fourth-order valence-electron chi connectivity index (χ4n) is 2.90. The Kier molecular flexibility index (Phi) is 7.46. The van der Waals surface area contributed by atoms with Gasteiger partial charge in [0.25, 0.3) is 15.7 Å². The van der Waals surface area contributed by atoms with Crippen LogP contribution in [0.2, 0.25) is 0 Å². The van der Waals surface area contributed by atoms with Crippen molar-refractivity contribution in [2.75, 3.05) is 23.9 Å². The molecular weight excluding hydrogens is 448 g/mol. The number of methoxy groups -OCH3 is 1. The number of rotatable bonds is 10. The van der Waals surface area contributed by atoms with Crippen molar-refractivity contribution in [1.29, 1.82) is 0 Å². The third-order valence-corrected chi connectivity index (χ3v) is 5.80. The third kappa shape index (κ3) is 5.77. The maximum absolute atomic E-state index is 12.8. The van der Waals surface area contributed by atoms with Crippen molar-refractivity contribution in [3.05, 3.63) is 82.4 Å². The van der Waals surface area contributed by atoms with Gasteiger partial charge in [0.05, 0.1) is 35.4 Å². The largest absolute Gasteiger partial charge is 0.495 e. The molecule has 33 heavy (non-hydrogen) atoms. The Morgan fingerprint density at radius 3 is 2.42 bits per heavy atom. The summed E-state index contributed by atoms with van der Waals surface area (Å²) in [6, 6.07) is 17.1. The normalized spacial score (nSPS) is 11.2. The molecule has 0 spiro atoms. The minimum absolute atomic E-state index is 0.0291. The summed E-state index contributed by atoms with van der Waals surface area (Å²) in [6.45, 7) is 2.33. The highest BCUT2D eigenvalue weighted by atomic mass is 32.2. The van der Waals surface area contributed by atoms with Gasteiger partial charge in [0.1, 0.15) is 17.2 Å². The van der Waals surface area contributed by atoms with Crippen LogP contribution in [-0.4, -0.2) is 33.3 Å². The van der Waals surface area contributed by atoms with Crippen molar-refractivity contribution >= 4 is 33.3 Å². The first kappa shape index (κ1) is 23.5. The quantitative estimate of drug-likeness (QED) is 0.257. The topological polar surface area (TPSA) is 132 Å². The molecule has 11 heteroatoms. The van der Waals surface area contributed by atoms with E-state index < -0.39 is 20.6 Å². The molecule has 2 N–H and O–H groups in total. The number of nitrogens with one attached hydrogen (secondary N) is 2. The van der Waals surface area contributed by atoms with E-state index in [0.717, 1.165) is 6.07 Å². The second-order valence-corrected chi connectivity index (χ2v) is 8.27. The molecule has 0 aliphatic carbocycles. The monoisotopic (exact) mass is 470 g/mol. The Hall–Kier alpha value is -4.12. The molecule has 0 saturated heterocycles. The smallest absolute Gasteiger partial charge is 0.295 e. The first-order valence-corrected chi connectivity index (χ1v) is 11.3. The van der Waals surface area contributed by atoms with Crippen molar-refractivity contribution in [1.82, 2.24) is 0 Å². The number of hydrogen-bond acceptors (Lipinski definition) is 8. The lowest BCUT2D eigenvalue weighted by atomic mass is 10.2. The number of ether oxygens (including phenoxy) is 2. The van der Waals surface area contributed by atoms with Crippen LogP contribution in [0.1, 0.15) is 12.5 Å². The molecule has 0 aliphatic heterocycles. The summed E-state index contributed by atoms with van der Waals surface area (Å²) in [7, 11) is -2.70. The highest BCUT2D eigenvalue weighted by Crippen LogP contribution is 2.30. The van der Waals surface area contributed by atoms with Gasteiger partial charge in [-0.1, -0.05) is 24.3 Å². The van der Waals surface area contributed by atoms with E-state index in [2.05, 4.69) is 15.2 Å². The molecule has 0 bridgehead atoms. The molecule has 3 rings (SSSR count). The minimum Gasteiger partial charge on any atom is -0.495 e. The van der Waals surface area contributed by atoms with Crippen LogP contribution in [0.5, 0.6) is 11.5 Å². The molecule has 0 saturated carbocycles. The van der Waals surface area contributed by atoms with Crippen LogP contribution in [0.15, 0.2) is 76.7 Å². The zero-order valence-electron chi connectivity index (χ0n) is 17.9. The summed E-state index contributed by atoms with van der Waals surface area (Å²) in [5.41, 5.74) is 3.06. The van der Waals surface area contributed by atoms with Crippen molar-refractivity contribution < 1.29 is 22.8 Å². The molecule has 0 aliphatic rings. The summed E-state index contributed by atoms with van der Waals surface area (Å²) in [6.07, 6.45) is 1.46. The van der Waals surface area contributed by atoms with Gasteiger partial charge >= 0.3 is 0 Å². The van der Waals surface area contributed by atoms with E-state index in [4.69, 9.17) is 9.47 Å². The molecule has 0 unspecified atom stereocenters. The van der Waals surface area contributed by atoms with Crippen LogP contribution >= 0.6 is 0 Å². The average molecular weight is 471 g/mol. The number of hydrazone groups is 1. The van der Waals surface area contributed by atoms with Gasteiger partial charge in [-0.05, 0) is 43.3 Å². The minimum atomic E-state index is -4.11. The summed E-state index contributed by atoms with van der Waals surface area (Å²) in [5.74, 6) is 0.930. The van der Waals surface area contributed by atoms with Crippen molar-refractivity contribution in [3.8, 4) is 11.5 Å². The maximum atomic E-state index is 12.8. The number of nitro benzene ring substituents is 1. The van der Waals surface area contributed by atoms with Crippen LogP contribution < -0.4 is 19.6 Å². The SMILES string of the molecule is CCOc1ccccc1/C=N/Nc1ccc(S(=O)(=O)Nc2ccccc2OC)cc1[N+](=O)[O-]. The predicted molar refractivity (Wildman–Crippen MR) is 126 cm³/mol. The van der Waals surface area contributed by atoms with E-state index in [1.807, 2.05) is 13.0 Å². The summed E-state index contributed by atoms with van der Waals surface area (Å²) < 4.78 is 38.6. The van der Waals surface area contributed by atoms with Crippen LogP contribution in [0.3, 0.4) is 0 Å². The van der Waals surface area contributed by atoms with Crippen LogP contribution in [0.4, 0.5) is 17.1 Å². The second kappa shape index (κ2) is 10.5. The number of sulfonamides is 1. The number of nitrogens with zero attached hydrogens (tertiary/aromatic N) is 2. The van der Waals surface area contributed by atoms with Gasteiger partial charge in [0.2, 0.25) is 0 Å². The molecule has 0 heterocycles. The van der Waals surface area contributed by atoms with Crippen molar-refractivity contribution in [2.24, 2.45) is 5.10 Å². The fourth-order valence-corrected chi connectivity index (χ4v) is 3.99. The predicted octanol–water partition coefficient (Wildman–Crippen LogP) is 4.25. The molecular formula is C22H22N4O6S. The molecule has 0 amide bonds. The number of nitro groups is 1. The summed E-state index contributed by atoms with van der Waals surface area (Å²) >= 11 is 0. The maximum Gasteiger partial charge on any atom is 0.295 e. The molecule has 172 valence electrons. The zero-order chi connectivity index (χ0) is 23.8. The molecule has 3 aromatic rings. The van der Waals surface area contributed by atoms with E-state index in [9.17, 15) is 18.5 Å². The van der Waals surface area contributed by atoms with Gasteiger partial charge < -0.3 is 9.47 Å². The van der Waals surface area contributed by atoms with Gasteiger partial charge in [-0.25, -0.2) is 8.42 Å². The van der Waals surface area contributed by atoms with E-state index in [0.29, 0.717) is 23.7 Å². The highest BCUT2D eigenvalue weighted by Gasteiger charge is 2.22. The average Bonchev–Trinajstić information content (AvgIpc) is 2.80.